The van der Waals surface area contributed by atoms with Gasteiger partial charge in [-0.15, -0.1) is 0 Å². The van der Waals surface area contributed by atoms with E-state index in [2.05, 4.69) is 5.32 Å². The molecular weight excluding hydrogens is 427 g/mol. The van der Waals surface area contributed by atoms with Crippen LogP contribution in [0.3, 0.4) is 0 Å². The molecule has 0 bridgehead atoms. The Labute approximate surface area is 188 Å². The number of hydrogen-bond donors (Lipinski definition) is 2. The van der Waals surface area contributed by atoms with Crippen LogP contribution in [0.4, 0.5) is 14.9 Å². The first kappa shape index (κ1) is 21.8. The van der Waals surface area contributed by atoms with Gasteiger partial charge >= 0.3 is 6.03 Å². The quantitative estimate of drug-likeness (QED) is 0.459. The highest BCUT2D eigenvalue weighted by Crippen LogP contribution is 2.27. The highest BCUT2D eigenvalue weighted by atomic mass is 19.1. The maximum absolute atomic E-state index is 14.0. The Morgan fingerprint density at radius 1 is 1.00 bits per heavy atom. The number of aromatic hydroxyl groups is 1. The fourth-order valence-corrected chi connectivity index (χ4v) is 3.50. The molecule has 8 heteroatoms. The van der Waals surface area contributed by atoms with Crippen LogP contribution in [0.15, 0.2) is 72.3 Å². The summed E-state index contributed by atoms with van der Waals surface area (Å²) in [5.41, 5.74) is 1.68. The number of barbiturate groups is 1. The summed E-state index contributed by atoms with van der Waals surface area (Å²) in [7, 11) is 1.47. The van der Waals surface area contributed by atoms with Crippen LogP contribution in [0.1, 0.15) is 16.7 Å². The maximum atomic E-state index is 14.0. The summed E-state index contributed by atoms with van der Waals surface area (Å²) >= 11 is 0. The van der Waals surface area contributed by atoms with E-state index in [4.69, 9.17) is 4.74 Å². The molecule has 0 aromatic heterocycles. The maximum Gasteiger partial charge on any atom is 0.335 e. The minimum atomic E-state index is -0.884. The molecular formula is C25H19FN2O5. The predicted octanol–water partition coefficient (Wildman–Crippen LogP) is 3.80. The zero-order valence-corrected chi connectivity index (χ0v) is 17.5. The number of nitrogens with one attached hydrogen (secondary N) is 1. The van der Waals surface area contributed by atoms with Crippen molar-refractivity contribution in [3.05, 3.63) is 94.8 Å². The molecule has 7 nitrogen and oxygen atoms in total. The SMILES string of the molecule is COc1cc(/C=C2\C(=O)NC(=O)N(c3ccc(O)cc3)C2=O)ccc1Cc1ccccc1F. The summed E-state index contributed by atoms with van der Waals surface area (Å²) in [5, 5.41) is 11.6. The number of phenols is 1. The lowest BCUT2D eigenvalue weighted by atomic mass is 10.00. The van der Waals surface area contributed by atoms with Crippen molar-refractivity contribution in [2.24, 2.45) is 0 Å². The first-order chi connectivity index (χ1) is 15.9. The molecule has 0 radical (unpaired) electrons. The lowest BCUT2D eigenvalue weighted by Crippen LogP contribution is -2.54. The number of ether oxygens (including phenoxy) is 1. The van der Waals surface area contributed by atoms with Gasteiger partial charge in [0, 0.05) is 6.42 Å². The van der Waals surface area contributed by atoms with E-state index < -0.39 is 17.8 Å². The van der Waals surface area contributed by atoms with Gasteiger partial charge in [-0.05, 0) is 59.2 Å². The van der Waals surface area contributed by atoms with Gasteiger partial charge in [-0.3, -0.25) is 14.9 Å². The average Bonchev–Trinajstić information content (AvgIpc) is 2.80. The van der Waals surface area contributed by atoms with Crippen molar-refractivity contribution in [3.8, 4) is 11.5 Å². The van der Waals surface area contributed by atoms with Gasteiger partial charge in [-0.1, -0.05) is 30.3 Å². The molecule has 1 fully saturated rings. The Hall–Kier alpha value is -4.46. The number of anilines is 1. The third-order valence-electron chi connectivity index (χ3n) is 5.17. The highest BCUT2D eigenvalue weighted by molar-refractivity contribution is 6.39. The fourth-order valence-electron chi connectivity index (χ4n) is 3.50. The highest BCUT2D eigenvalue weighted by Gasteiger charge is 2.36. The number of carbonyl (C=O) groups is 3. The van der Waals surface area contributed by atoms with Gasteiger partial charge in [0.15, 0.2) is 0 Å². The van der Waals surface area contributed by atoms with Crippen molar-refractivity contribution >= 4 is 29.6 Å². The van der Waals surface area contributed by atoms with Crippen LogP contribution in [-0.2, 0) is 16.0 Å². The van der Waals surface area contributed by atoms with Gasteiger partial charge in [-0.2, -0.15) is 0 Å². The molecule has 1 aliphatic heterocycles. The molecule has 0 saturated carbocycles. The first-order valence-corrected chi connectivity index (χ1v) is 9.98. The molecule has 0 aliphatic carbocycles. The molecule has 33 heavy (non-hydrogen) atoms. The molecule has 3 aromatic carbocycles. The molecule has 0 atom stereocenters. The second kappa shape index (κ2) is 8.96. The van der Waals surface area contributed by atoms with E-state index in [1.54, 1.807) is 36.4 Å². The van der Waals surface area contributed by atoms with E-state index >= 15 is 0 Å². The van der Waals surface area contributed by atoms with Crippen LogP contribution < -0.4 is 15.0 Å². The predicted molar refractivity (Wildman–Crippen MR) is 119 cm³/mol. The van der Waals surface area contributed by atoms with Gasteiger partial charge < -0.3 is 9.84 Å². The van der Waals surface area contributed by atoms with Crippen LogP contribution in [0, 0.1) is 5.82 Å². The largest absolute Gasteiger partial charge is 0.508 e. The van der Waals surface area contributed by atoms with Crippen molar-refractivity contribution in [3.63, 3.8) is 0 Å². The van der Waals surface area contributed by atoms with Crippen LogP contribution in [0.25, 0.3) is 6.08 Å². The third-order valence-corrected chi connectivity index (χ3v) is 5.17. The average molecular weight is 446 g/mol. The Bertz CT molecular complexity index is 1280. The summed E-state index contributed by atoms with van der Waals surface area (Å²) < 4.78 is 19.5. The summed E-state index contributed by atoms with van der Waals surface area (Å²) in [5.74, 6) is -1.52. The zero-order valence-electron chi connectivity index (χ0n) is 17.5. The number of benzene rings is 3. The number of rotatable bonds is 5. The monoisotopic (exact) mass is 446 g/mol. The molecule has 4 rings (SSSR count). The van der Waals surface area contributed by atoms with Gasteiger partial charge in [0.05, 0.1) is 12.8 Å². The number of phenolic OH excluding ortho intramolecular Hbond substituents is 1. The van der Waals surface area contributed by atoms with Crippen molar-refractivity contribution in [1.82, 2.24) is 5.32 Å². The summed E-state index contributed by atoms with van der Waals surface area (Å²) in [6.07, 6.45) is 1.65. The Morgan fingerprint density at radius 2 is 1.73 bits per heavy atom. The first-order valence-electron chi connectivity index (χ1n) is 9.98. The van der Waals surface area contributed by atoms with E-state index in [9.17, 15) is 23.9 Å². The lowest BCUT2D eigenvalue weighted by Gasteiger charge is -2.26. The van der Waals surface area contributed by atoms with Gasteiger partial charge in [0.25, 0.3) is 11.8 Å². The van der Waals surface area contributed by atoms with Crippen LogP contribution in [0.2, 0.25) is 0 Å². The van der Waals surface area contributed by atoms with Crippen molar-refractivity contribution < 1.29 is 28.6 Å². The number of carbonyl (C=O) groups excluding carboxylic acids is 3. The summed E-state index contributed by atoms with van der Waals surface area (Å²) in [6, 6.07) is 16.0. The smallest absolute Gasteiger partial charge is 0.335 e. The lowest BCUT2D eigenvalue weighted by molar-refractivity contribution is -0.122. The Kier molecular flexibility index (Phi) is 5.91. The molecule has 166 valence electrons. The van der Waals surface area contributed by atoms with Crippen LogP contribution >= 0.6 is 0 Å². The number of hydrogen-bond acceptors (Lipinski definition) is 5. The van der Waals surface area contributed by atoms with Gasteiger partial charge in [0.1, 0.15) is 22.9 Å². The number of methoxy groups -OCH3 is 1. The fraction of sp³-hybridized carbons (Fsp3) is 0.0800. The third kappa shape index (κ3) is 4.45. The summed E-state index contributed by atoms with van der Waals surface area (Å²) in [4.78, 5) is 38.5. The molecule has 0 unspecified atom stereocenters. The number of urea groups is 1. The molecule has 1 aliphatic rings. The van der Waals surface area contributed by atoms with Crippen molar-refractivity contribution in [2.45, 2.75) is 6.42 Å². The normalized spacial score (nSPS) is 15.0. The zero-order chi connectivity index (χ0) is 23.5. The van der Waals surface area contributed by atoms with Gasteiger partial charge in [-0.25, -0.2) is 14.1 Å². The molecule has 1 saturated heterocycles. The van der Waals surface area contributed by atoms with Crippen LogP contribution in [0.5, 0.6) is 11.5 Å². The number of halogens is 1. The minimum Gasteiger partial charge on any atom is -0.508 e. The van der Waals surface area contributed by atoms with E-state index in [1.807, 2.05) is 0 Å². The van der Waals surface area contributed by atoms with Crippen molar-refractivity contribution in [1.29, 1.82) is 0 Å². The number of imide groups is 2. The minimum absolute atomic E-state index is 0.0296. The standard InChI is InChI=1S/C25H19FN2O5/c1-33-22-13-15(6-7-17(22)14-16-4-2-3-5-21(16)26)12-20-23(30)27-25(32)28(24(20)31)18-8-10-19(29)11-9-18/h2-13,29H,14H2,1H3,(H,27,30,32)/b20-12+. The van der Waals surface area contributed by atoms with E-state index in [-0.39, 0.29) is 22.8 Å². The van der Waals surface area contributed by atoms with Crippen LogP contribution in [-0.4, -0.2) is 30.1 Å². The second-order valence-corrected chi connectivity index (χ2v) is 7.31. The van der Waals surface area contributed by atoms with E-state index in [0.29, 0.717) is 23.3 Å². The van der Waals surface area contributed by atoms with Crippen molar-refractivity contribution in [2.75, 3.05) is 12.0 Å². The summed E-state index contributed by atoms with van der Waals surface area (Å²) in [6.45, 7) is 0. The van der Waals surface area contributed by atoms with Gasteiger partial charge in [0.2, 0.25) is 0 Å². The molecule has 0 spiro atoms. The number of nitrogens with zero attached hydrogens (tertiary/aromatic N) is 1. The molecule has 1 heterocycles. The number of amides is 4. The van der Waals surface area contributed by atoms with E-state index in [1.165, 1.54) is 43.5 Å². The second-order valence-electron chi connectivity index (χ2n) is 7.31. The molecule has 4 amide bonds. The van der Waals surface area contributed by atoms with E-state index in [0.717, 1.165) is 10.5 Å². The molecule has 2 N–H and O–H groups in total. The topological polar surface area (TPSA) is 95.9 Å². The Balaban J connectivity index is 1.66. The molecule has 3 aromatic rings. The Morgan fingerprint density at radius 3 is 2.42 bits per heavy atom.